The van der Waals surface area contributed by atoms with Crippen LogP contribution in [0.2, 0.25) is 0 Å². The molecule has 20 heavy (non-hydrogen) atoms. The van der Waals surface area contributed by atoms with Crippen molar-refractivity contribution in [1.29, 1.82) is 0 Å². The van der Waals surface area contributed by atoms with Gasteiger partial charge in [0.25, 0.3) is 0 Å². The maximum atomic E-state index is 12.8. The van der Waals surface area contributed by atoms with E-state index in [1.807, 2.05) is 13.8 Å². The molecule has 9 heteroatoms. The molecule has 0 aromatic carbocycles. The molecule has 0 bridgehead atoms. The smallest absolute Gasteiger partial charge is 0.340 e. The average Bonchev–Trinajstić information content (AvgIpc) is 2.69. The van der Waals surface area contributed by atoms with Gasteiger partial charge in [0.1, 0.15) is 0 Å². The van der Waals surface area contributed by atoms with Crippen molar-refractivity contribution >= 4 is 16.3 Å². The standard InChI is InChI=1S/C11H17FN4O3S/c1-8-10(9(2)14-13-8)7-11(17)15-3-5-16(6-4-15)20(12,18)19/h3-7H2,1-2H3,(H,13,14). The summed E-state index contributed by atoms with van der Waals surface area (Å²) >= 11 is 0. The van der Waals surface area contributed by atoms with Gasteiger partial charge >= 0.3 is 10.4 Å². The summed E-state index contributed by atoms with van der Waals surface area (Å²) < 4.78 is 35.0. The van der Waals surface area contributed by atoms with E-state index in [0.29, 0.717) is 0 Å². The van der Waals surface area contributed by atoms with Gasteiger partial charge in [-0.1, -0.05) is 3.89 Å². The third-order valence-corrected chi connectivity index (χ3v) is 4.49. The second-order valence-corrected chi connectivity index (χ2v) is 6.15. The minimum Gasteiger partial charge on any atom is -0.340 e. The number of hydrogen-bond donors (Lipinski definition) is 1. The molecule has 1 amide bonds. The highest BCUT2D eigenvalue weighted by Gasteiger charge is 2.28. The van der Waals surface area contributed by atoms with Crippen molar-refractivity contribution in [1.82, 2.24) is 19.4 Å². The fourth-order valence-electron chi connectivity index (χ4n) is 2.25. The van der Waals surface area contributed by atoms with E-state index in [4.69, 9.17) is 0 Å². The van der Waals surface area contributed by atoms with Crippen molar-refractivity contribution < 1.29 is 17.1 Å². The number of H-pyrrole nitrogens is 1. The zero-order valence-corrected chi connectivity index (χ0v) is 12.2. The molecule has 0 unspecified atom stereocenters. The summed E-state index contributed by atoms with van der Waals surface area (Å²) in [4.78, 5) is 13.7. The lowest BCUT2D eigenvalue weighted by molar-refractivity contribution is -0.131. The van der Waals surface area contributed by atoms with Crippen molar-refractivity contribution in [3.63, 3.8) is 0 Å². The van der Waals surface area contributed by atoms with Gasteiger partial charge in [-0.25, -0.2) is 0 Å². The number of carbonyl (C=O) groups excluding carboxylic acids is 1. The first-order valence-electron chi connectivity index (χ1n) is 6.27. The van der Waals surface area contributed by atoms with Gasteiger partial charge in [0.2, 0.25) is 5.91 Å². The summed E-state index contributed by atoms with van der Waals surface area (Å²) in [5.74, 6) is -0.103. The van der Waals surface area contributed by atoms with E-state index in [1.54, 1.807) is 4.90 Å². The van der Waals surface area contributed by atoms with Crippen LogP contribution in [0, 0.1) is 13.8 Å². The normalized spacial score (nSPS) is 17.4. The molecule has 0 saturated carbocycles. The molecule has 7 nitrogen and oxygen atoms in total. The zero-order chi connectivity index (χ0) is 14.9. The molecule has 1 aromatic rings. The Balaban J connectivity index is 1.96. The quantitative estimate of drug-likeness (QED) is 0.792. The first kappa shape index (κ1) is 14.9. The van der Waals surface area contributed by atoms with Gasteiger partial charge in [0.15, 0.2) is 0 Å². The molecule has 1 fully saturated rings. The van der Waals surface area contributed by atoms with Crippen LogP contribution in [0.4, 0.5) is 3.89 Å². The highest BCUT2D eigenvalue weighted by Crippen LogP contribution is 2.14. The highest BCUT2D eigenvalue weighted by molar-refractivity contribution is 7.83. The molecule has 1 saturated heterocycles. The second kappa shape index (κ2) is 5.49. The van der Waals surface area contributed by atoms with Crippen LogP contribution < -0.4 is 0 Å². The molecular formula is C11H17FN4O3S. The minimum atomic E-state index is -4.66. The predicted octanol–water partition coefficient (Wildman–Crippen LogP) is -0.0725. The molecule has 1 N–H and O–H groups in total. The summed E-state index contributed by atoms with van der Waals surface area (Å²) in [5, 5.41) is 6.84. The predicted molar refractivity (Wildman–Crippen MR) is 69.9 cm³/mol. The van der Waals surface area contributed by atoms with E-state index in [2.05, 4.69) is 10.2 Å². The molecule has 0 aliphatic carbocycles. The van der Waals surface area contributed by atoms with Crippen molar-refractivity contribution in [2.45, 2.75) is 20.3 Å². The SMILES string of the molecule is Cc1n[nH]c(C)c1CC(=O)N1CCN(S(=O)(=O)F)CC1. The largest absolute Gasteiger partial charge is 0.374 e. The van der Waals surface area contributed by atoms with Crippen molar-refractivity contribution in [2.75, 3.05) is 26.2 Å². The number of aromatic amines is 1. The first-order chi connectivity index (χ1) is 9.29. The number of nitrogens with one attached hydrogen (secondary N) is 1. The molecule has 2 rings (SSSR count). The van der Waals surface area contributed by atoms with Crippen LogP contribution in [0.1, 0.15) is 17.0 Å². The Morgan fingerprint density at radius 2 is 1.90 bits per heavy atom. The monoisotopic (exact) mass is 304 g/mol. The van der Waals surface area contributed by atoms with Gasteiger partial charge in [-0.15, -0.1) is 0 Å². The molecule has 0 atom stereocenters. The average molecular weight is 304 g/mol. The fraction of sp³-hybridized carbons (Fsp3) is 0.636. The Bertz CT molecular complexity index is 586. The van der Waals surface area contributed by atoms with Crippen molar-refractivity contribution in [3.8, 4) is 0 Å². The topological polar surface area (TPSA) is 86.4 Å². The van der Waals surface area contributed by atoms with E-state index in [0.717, 1.165) is 21.3 Å². The highest BCUT2D eigenvalue weighted by atomic mass is 32.3. The fourth-order valence-corrected chi connectivity index (χ4v) is 2.85. The third-order valence-electron chi connectivity index (χ3n) is 3.51. The van der Waals surface area contributed by atoms with Crippen LogP contribution in [0.25, 0.3) is 0 Å². The Kier molecular flexibility index (Phi) is 4.09. The number of aromatic nitrogens is 2. The Hall–Kier alpha value is -1.48. The number of nitrogens with zero attached hydrogens (tertiary/aromatic N) is 3. The minimum absolute atomic E-state index is 0.00603. The molecule has 112 valence electrons. The Labute approximate surface area is 117 Å². The van der Waals surface area contributed by atoms with Crippen molar-refractivity contribution in [2.24, 2.45) is 0 Å². The number of carbonyl (C=O) groups is 1. The van der Waals surface area contributed by atoms with E-state index < -0.39 is 10.4 Å². The first-order valence-corrected chi connectivity index (χ1v) is 7.61. The van der Waals surface area contributed by atoms with Gasteiger partial charge < -0.3 is 4.90 Å². The van der Waals surface area contributed by atoms with Crippen LogP contribution in [-0.4, -0.2) is 59.9 Å². The van der Waals surface area contributed by atoms with Crippen LogP contribution >= 0.6 is 0 Å². The molecule has 1 aromatic heterocycles. The lowest BCUT2D eigenvalue weighted by atomic mass is 10.1. The molecule has 1 aliphatic rings. The second-order valence-electron chi connectivity index (χ2n) is 4.81. The third kappa shape index (κ3) is 3.15. The van der Waals surface area contributed by atoms with Gasteiger partial charge in [0, 0.05) is 37.4 Å². The number of halogens is 1. The summed E-state index contributed by atoms with van der Waals surface area (Å²) in [5.41, 5.74) is 2.48. The molecule has 0 radical (unpaired) electrons. The molecule has 2 heterocycles. The van der Waals surface area contributed by atoms with Crippen LogP contribution in [0.5, 0.6) is 0 Å². The van der Waals surface area contributed by atoms with Crippen molar-refractivity contribution in [3.05, 3.63) is 17.0 Å². The number of hydrogen-bond acceptors (Lipinski definition) is 4. The van der Waals surface area contributed by atoms with Crippen LogP contribution in [0.3, 0.4) is 0 Å². The molecule has 1 aliphatic heterocycles. The number of aryl methyl sites for hydroxylation is 2. The Morgan fingerprint density at radius 1 is 1.30 bits per heavy atom. The van der Waals surface area contributed by atoms with E-state index in [-0.39, 0.29) is 38.5 Å². The van der Waals surface area contributed by atoms with Crippen LogP contribution in [0.15, 0.2) is 0 Å². The van der Waals surface area contributed by atoms with Gasteiger partial charge in [-0.3, -0.25) is 9.89 Å². The molecular weight excluding hydrogens is 287 g/mol. The molecule has 0 spiro atoms. The van der Waals surface area contributed by atoms with E-state index in [9.17, 15) is 17.1 Å². The zero-order valence-electron chi connectivity index (χ0n) is 11.4. The van der Waals surface area contributed by atoms with Gasteiger partial charge in [0.05, 0.1) is 12.1 Å². The van der Waals surface area contributed by atoms with E-state index in [1.165, 1.54) is 0 Å². The number of amides is 1. The maximum Gasteiger partial charge on any atom is 0.374 e. The summed E-state index contributed by atoms with van der Waals surface area (Å²) in [6.45, 7) is 4.06. The Morgan fingerprint density at radius 3 is 2.35 bits per heavy atom. The van der Waals surface area contributed by atoms with Crippen LogP contribution in [-0.2, 0) is 21.6 Å². The number of rotatable bonds is 3. The number of piperazine rings is 1. The van der Waals surface area contributed by atoms with Gasteiger partial charge in [-0.05, 0) is 13.8 Å². The summed E-state index contributed by atoms with van der Waals surface area (Å²) in [7, 11) is -4.66. The lowest BCUT2D eigenvalue weighted by Crippen LogP contribution is -2.50. The lowest BCUT2D eigenvalue weighted by Gasteiger charge is -2.32. The van der Waals surface area contributed by atoms with Gasteiger partial charge in [-0.2, -0.15) is 17.8 Å². The summed E-state index contributed by atoms with van der Waals surface area (Å²) in [6.07, 6.45) is 0.219. The summed E-state index contributed by atoms with van der Waals surface area (Å²) in [6, 6.07) is 0. The maximum absolute atomic E-state index is 12.8. The van der Waals surface area contributed by atoms with E-state index >= 15 is 0 Å².